The van der Waals surface area contributed by atoms with Gasteiger partial charge in [-0.25, -0.2) is 0 Å². The first-order chi connectivity index (χ1) is 8.22. The number of hydrogen-bond donors (Lipinski definition) is 0. The lowest BCUT2D eigenvalue weighted by atomic mass is 9.77. The Morgan fingerprint density at radius 3 is 2.29 bits per heavy atom. The highest BCUT2D eigenvalue weighted by Gasteiger charge is 2.30. The largest absolute Gasteiger partial charge is 0.371 e. The molecule has 0 aromatic heterocycles. The average Bonchev–Trinajstić information content (AvgIpc) is 2.38. The van der Waals surface area contributed by atoms with Crippen molar-refractivity contribution in [2.24, 2.45) is 11.8 Å². The molecule has 2 nitrogen and oxygen atoms in total. The summed E-state index contributed by atoms with van der Waals surface area (Å²) in [5.41, 5.74) is 0. The lowest BCUT2D eigenvalue weighted by molar-refractivity contribution is -0.136. The minimum Gasteiger partial charge on any atom is -0.371 e. The minimum absolute atomic E-state index is 0.131. The zero-order valence-corrected chi connectivity index (χ0v) is 11.7. The molecular weight excluding hydrogens is 212 g/mol. The highest BCUT2D eigenvalue weighted by molar-refractivity contribution is 5.85. The Kier molecular flexibility index (Phi) is 6.79. The van der Waals surface area contributed by atoms with Crippen LogP contribution in [0.5, 0.6) is 0 Å². The maximum atomic E-state index is 12.3. The van der Waals surface area contributed by atoms with Gasteiger partial charge < -0.3 is 4.74 Å². The van der Waals surface area contributed by atoms with Crippen molar-refractivity contribution in [1.29, 1.82) is 0 Å². The van der Waals surface area contributed by atoms with E-state index in [0.29, 0.717) is 12.4 Å². The molecule has 1 aliphatic rings. The Balaban J connectivity index is 2.45. The summed E-state index contributed by atoms with van der Waals surface area (Å²) in [5, 5.41) is 0. The second-order valence-electron chi connectivity index (χ2n) is 5.26. The molecule has 1 aliphatic carbocycles. The van der Waals surface area contributed by atoms with Crippen LogP contribution in [0.3, 0.4) is 0 Å². The second kappa shape index (κ2) is 7.86. The molecule has 17 heavy (non-hydrogen) atoms. The molecule has 1 rings (SSSR count). The number of hydrogen-bond acceptors (Lipinski definition) is 2. The molecular formula is C15H28O2. The van der Waals surface area contributed by atoms with Gasteiger partial charge in [-0.2, -0.15) is 0 Å². The molecule has 0 spiro atoms. The van der Waals surface area contributed by atoms with E-state index in [-0.39, 0.29) is 12.0 Å². The van der Waals surface area contributed by atoms with Gasteiger partial charge >= 0.3 is 0 Å². The summed E-state index contributed by atoms with van der Waals surface area (Å²) in [6, 6.07) is 0. The highest BCUT2D eigenvalue weighted by Crippen LogP contribution is 2.32. The van der Waals surface area contributed by atoms with E-state index < -0.39 is 0 Å². The van der Waals surface area contributed by atoms with E-state index in [9.17, 15) is 4.79 Å². The van der Waals surface area contributed by atoms with Crippen molar-refractivity contribution >= 4 is 5.78 Å². The Morgan fingerprint density at radius 1 is 1.18 bits per heavy atom. The molecule has 0 radical (unpaired) electrons. The highest BCUT2D eigenvalue weighted by atomic mass is 16.5. The fourth-order valence-corrected chi connectivity index (χ4v) is 2.89. The van der Waals surface area contributed by atoms with E-state index in [4.69, 9.17) is 4.74 Å². The van der Waals surface area contributed by atoms with Crippen molar-refractivity contribution in [3.05, 3.63) is 0 Å². The molecule has 0 N–H and O–H groups in total. The van der Waals surface area contributed by atoms with Gasteiger partial charge in [0.05, 0.1) is 0 Å². The van der Waals surface area contributed by atoms with Crippen molar-refractivity contribution in [2.45, 2.75) is 71.8 Å². The summed E-state index contributed by atoms with van der Waals surface area (Å²) >= 11 is 0. The zero-order chi connectivity index (χ0) is 12.7. The molecule has 100 valence electrons. The Hall–Kier alpha value is -0.370. The molecule has 1 saturated carbocycles. The van der Waals surface area contributed by atoms with Gasteiger partial charge in [-0.1, -0.05) is 26.7 Å². The van der Waals surface area contributed by atoms with Crippen LogP contribution in [0, 0.1) is 11.8 Å². The van der Waals surface area contributed by atoms with Gasteiger partial charge in [-0.15, -0.1) is 0 Å². The normalized spacial score (nSPS) is 26.8. The first kappa shape index (κ1) is 14.7. The molecule has 1 unspecified atom stereocenters. The summed E-state index contributed by atoms with van der Waals surface area (Å²) in [4.78, 5) is 12.3. The maximum Gasteiger partial charge on any atom is 0.164 e. The summed E-state index contributed by atoms with van der Waals surface area (Å²) in [5.74, 6) is 1.51. The van der Waals surface area contributed by atoms with E-state index in [1.165, 1.54) is 19.3 Å². The van der Waals surface area contributed by atoms with Gasteiger partial charge in [0.15, 0.2) is 5.78 Å². The van der Waals surface area contributed by atoms with Crippen LogP contribution in [-0.4, -0.2) is 18.5 Å². The second-order valence-corrected chi connectivity index (χ2v) is 5.26. The van der Waals surface area contributed by atoms with Crippen LogP contribution < -0.4 is 0 Å². The fourth-order valence-electron chi connectivity index (χ4n) is 2.89. The summed E-state index contributed by atoms with van der Waals surface area (Å²) in [6.45, 7) is 7.00. The van der Waals surface area contributed by atoms with E-state index >= 15 is 0 Å². The van der Waals surface area contributed by atoms with Crippen LogP contribution >= 0.6 is 0 Å². The molecule has 0 heterocycles. The standard InChI is InChI=1S/C15H28O2/c1-4-7-14(17-6-3)15(16)13-10-8-12(5-2)9-11-13/h12-14H,4-11H2,1-3H3. The average molecular weight is 240 g/mol. The third-order valence-electron chi connectivity index (χ3n) is 4.06. The van der Waals surface area contributed by atoms with Crippen molar-refractivity contribution in [2.75, 3.05) is 6.61 Å². The quantitative estimate of drug-likeness (QED) is 0.673. The van der Waals surface area contributed by atoms with Crippen LogP contribution in [0.25, 0.3) is 0 Å². The third kappa shape index (κ3) is 4.42. The molecule has 0 bridgehead atoms. The summed E-state index contributed by atoms with van der Waals surface area (Å²) < 4.78 is 5.60. The Labute approximate surface area is 106 Å². The molecule has 0 aromatic carbocycles. The lowest BCUT2D eigenvalue weighted by Gasteiger charge is -2.29. The van der Waals surface area contributed by atoms with Gasteiger partial charge in [0.2, 0.25) is 0 Å². The molecule has 1 fully saturated rings. The van der Waals surface area contributed by atoms with Crippen LogP contribution in [0.4, 0.5) is 0 Å². The van der Waals surface area contributed by atoms with Crippen LogP contribution in [0.15, 0.2) is 0 Å². The lowest BCUT2D eigenvalue weighted by Crippen LogP contribution is -2.33. The predicted molar refractivity (Wildman–Crippen MR) is 71.1 cm³/mol. The van der Waals surface area contributed by atoms with E-state index in [2.05, 4.69) is 13.8 Å². The first-order valence-corrected chi connectivity index (χ1v) is 7.38. The topological polar surface area (TPSA) is 26.3 Å². The van der Waals surface area contributed by atoms with E-state index in [0.717, 1.165) is 31.6 Å². The monoisotopic (exact) mass is 240 g/mol. The van der Waals surface area contributed by atoms with Crippen molar-refractivity contribution in [3.8, 4) is 0 Å². The summed E-state index contributed by atoms with van der Waals surface area (Å²) in [6.07, 6.45) is 7.70. The molecule has 0 aliphatic heterocycles. The van der Waals surface area contributed by atoms with Crippen LogP contribution in [-0.2, 0) is 9.53 Å². The SMILES string of the molecule is CCCC(OCC)C(=O)C1CCC(CC)CC1. The predicted octanol–water partition coefficient (Wildman–Crippen LogP) is 3.98. The van der Waals surface area contributed by atoms with Crippen molar-refractivity contribution < 1.29 is 9.53 Å². The van der Waals surface area contributed by atoms with Gasteiger partial charge in [0.25, 0.3) is 0 Å². The fraction of sp³-hybridized carbons (Fsp3) is 0.933. The third-order valence-corrected chi connectivity index (χ3v) is 4.06. The Morgan fingerprint density at radius 2 is 1.82 bits per heavy atom. The molecule has 2 heteroatoms. The Bertz CT molecular complexity index is 211. The number of ketones is 1. The zero-order valence-electron chi connectivity index (χ0n) is 11.7. The van der Waals surface area contributed by atoms with Crippen molar-refractivity contribution in [3.63, 3.8) is 0 Å². The van der Waals surface area contributed by atoms with Gasteiger partial charge in [0, 0.05) is 12.5 Å². The molecule has 0 aromatic rings. The van der Waals surface area contributed by atoms with E-state index in [1.54, 1.807) is 0 Å². The summed E-state index contributed by atoms with van der Waals surface area (Å²) in [7, 11) is 0. The van der Waals surface area contributed by atoms with Crippen LogP contribution in [0.2, 0.25) is 0 Å². The molecule has 1 atom stereocenters. The van der Waals surface area contributed by atoms with Crippen LogP contribution in [0.1, 0.15) is 65.7 Å². The number of Topliss-reactive ketones (excluding diaryl/α,β-unsaturated/α-hetero) is 1. The van der Waals surface area contributed by atoms with Crippen molar-refractivity contribution in [1.82, 2.24) is 0 Å². The van der Waals surface area contributed by atoms with Gasteiger partial charge in [-0.05, 0) is 44.9 Å². The molecule has 0 amide bonds. The number of carbonyl (C=O) groups excluding carboxylic acids is 1. The smallest absolute Gasteiger partial charge is 0.164 e. The first-order valence-electron chi connectivity index (χ1n) is 7.38. The number of carbonyl (C=O) groups is 1. The van der Waals surface area contributed by atoms with Gasteiger partial charge in [-0.3, -0.25) is 4.79 Å². The van der Waals surface area contributed by atoms with E-state index in [1.807, 2.05) is 6.92 Å². The molecule has 0 saturated heterocycles. The number of rotatable bonds is 7. The maximum absolute atomic E-state index is 12.3. The van der Waals surface area contributed by atoms with Gasteiger partial charge in [0.1, 0.15) is 6.10 Å². The number of ether oxygens (including phenoxy) is 1. The minimum atomic E-state index is -0.131.